The number of carbonyl (C=O) groups excluding carboxylic acids is 2. The van der Waals surface area contributed by atoms with E-state index < -0.39 is 18.7 Å². The molecule has 1 aliphatic carbocycles. The Morgan fingerprint density at radius 2 is 1.84 bits per heavy atom. The molecule has 10 nitrogen and oxygen atoms in total. The molecule has 2 amide bonds. The maximum atomic E-state index is 12.9. The van der Waals surface area contributed by atoms with Gasteiger partial charge in [0.2, 0.25) is 5.89 Å². The minimum absolute atomic E-state index is 0.0539. The maximum Gasteiger partial charge on any atom is 0.404 e. The number of aromatic nitrogens is 1. The molecule has 0 unspecified atom stereocenters. The Labute approximate surface area is 214 Å². The van der Waals surface area contributed by atoms with Crippen LogP contribution in [0.4, 0.5) is 13.6 Å². The van der Waals surface area contributed by atoms with Crippen LogP contribution >= 0.6 is 0 Å². The Morgan fingerprint density at radius 3 is 2.35 bits per heavy atom. The first kappa shape index (κ1) is 28.2. The Kier molecular flexibility index (Phi) is 9.67. The number of nitrogens with zero attached hydrogens (tertiary/aromatic N) is 2. The van der Waals surface area contributed by atoms with Crippen LogP contribution in [0, 0.1) is 5.92 Å². The van der Waals surface area contributed by atoms with Crippen molar-refractivity contribution in [3.63, 3.8) is 0 Å². The second-order valence-corrected chi connectivity index (χ2v) is 9.30. The van der Waals surface area contributed by atoms with Gasteiger partial charge in [0.05, 0.1) is 18.8 Å². The van der Waals surface area contributed by atoms with E-state index in [1.165, 1.54) is 6.07 Å². The van der Waals surface area contributed by atoms with Crippen molar-refractivity contribution in [3.05, 3.63) is 29.7 Å². The molecule has 2 fully saturated rings. The largest absolute Gasteiger partial charge is 0.489 e. The molecular formula is C25H34F2N4O6. The zero-order valence-corrected chi connectivity index (χ0v) is 21.2. The van der Waals surface area contributed by atoms with Gasteiger partial charge in [0, 0.05) is 18.7 Å². The Morgan fingerprint density at radius 1 is 1.16 bits per heavy atom. The molecule has 1 aromatic carbocycles. The molecule has 2 heterocycles. The first-order valence-corrected chi connectivity index (χ1v) is 12.3. The highest BCUT2D eigenvalue weighted by Crippen LogP contribution is 2.37. The summed E-state index contributed by atoms with van der Waals surface area (Å²) in [6, 6.07) is 3.95. The van der Waals surface area contributed by atoms with Crippen LogP contribution in [0.2, 0.25) is 0 Å². The average Bonchev–Trinajstić information content (AvgIpc) is 3.29. The second kappa shape index (κ2) is 12.7. The van der Waals surface area contributed by atoms with Crippen LogP contribution in [-0.4, -0.2) is 54.3 Å². The molecular weight excluding hydrogens is 490 g/mol. The number of hydrogen-bond acceptors (Lipinski definition) is 8. The number of oxazole rings is 1. The summed E-state index contributed by atoms with van der Waals surface area (Å²) in [5.74, 6) is 0.844. The lowest BCUT2D eigenvalue weighted by atomic mass is 10.2. The first-order valence-electron chi connectivity index (χ1n) is 12.3. The van der Waals surface area contributed by atoms with Gasteiger partial charge in [0.1, 0.15) is 0 Å². The van der Waals surface area contributed by atoms with Gasteiger partial charge in [-0.05, 0) is 70.6 Å². The zero-order valence-electron chi connectivity index (χ0n) is 21.2. The molecule has 1 saturated heterocycles. The molecule has 0 spiro atoms. The number of nitrogens with two attached hydrogens (primary N) is 2. The van der Waals surface area contributed by atoms with Gasteiger partial charge in [-0.1, -0.05) is 0 Å². The zero-order chi connectivity index (χ0) is 27.1. The van der Waals surface area contributed by atoms with Crippen molar-refractivity contribution in [2.45, 2.75) is 65.2 Å². The van der Waals surface area contributed by atoms with E-state index in [1.807, 2.05) is 0 Å². The molecule has 0 radical (unpaired) electrons. The number of likely N-dealkylation sites (tertiary alicyclic amines) is 1. The molecule has 1 aliphatic heterocycles. The Hall–Kier alpha value is -3.41. The van der Waals surface area contributed by atoms with Crippen molar-refractivity contribution in [2.24, 2.45) is 17.4 Å². The molecule has 4 rings (SSSR count). The molecule has 2 aromatic rings. The molecule has 0 bridgehead atoms. The van der Waals surface area contributed by atoms with Crippen molar-refractivity contribution in [1.82, 2.24) is 9.88 Å². The van der Waals surface area contributed by atoms with Gasteiger partial charge >= 0.3 is 12.7 Å². The molecule has 37 heavy (non-hydrogen) atoms. The maximum absolute atomic E-state index is 12.9. The molecule has 12 heteroatoms. The van der Waals surface area contributed by atoms with Gasteiger partial charge in [-0.2, -0.15) is 8.78 Å². The molecule has 1 atom stereocenters. The highest BCUT2D eigenvalue weighted by molar-refractivity contribution is 5.94. The predicted octanol–water partition coefficient (Wildman–Crippen LogP) is 4.48. The third-order valence-electron chi connectivity index (χ3n) is 5.59. The monoisotopic (exact) mass is 524 g/mol. The summed E-state index contributed by atoms with van der Waals surface area (Å²) >= 11 is 0. The molecule has 4 N–H and O–H groups in total. The average molecular weight is 525 g/mol. The molecule has 1 aromatic heterocycles. The summed E-state index contributed by atoms with van der Waals surface area (Å²) in [5, 5.41) is 0. The second-order valence-electron chi connectivity index (χ2n) is 9.30. The van der Waals surface area contributed by atoms with Gasteiger partial charge < -0.3 is 35.0 Å². The lowest BCUT2D eigenvalue weighted by Gasteiger charge is -2.14. The van der Waals surface area contributed by atoms with E-state index in [9.17, 15) is 18.4 Å². The standard InChI is InChI=1S/C21H25F2N3O4.C4H9NO2/c1-12(24)18-17(20(27)26-8-2-3-9-26)25-19(30-18)14-6-7-15(29-21(22)23)16(10-14)28-11-13-4-5-13;1-3(2)7-4(5)6/h6-7,10,12-13,21H,2-5,8-9,11,24H2,1H3;3H,1-2H3,(H2,5,6)/t12-;/m0./s1. The minimum atomic E-state index is -2.96. The number of rotatable bonds is 9. The van der Waals surface area contributed by atoms with E-state index in [1.54, 1.807) is 37.8 Å². The number of primary amides is 1. The summed E-state index contributed by atoms with van der Waals surface area (Å²) in [6.45, 7) is 4.02. The quantitative estimate of drug-likeness (QED) is 0.489. The number of ether oxygens (including phenoxy) is 3. The summed E-state index contributed by atoms with van der Waals surface area (Å²) in [6.07, 6.45) is 3.22. The van der Waals surface area contributed by atoms with Crippen molar-refractivity contribution in [2.75, 3.05) is 19.7 Å². The fraction of sp³-hybridized carbons (Fsp3) is 0.560. The summed E-state index contributed by atoms with van der Waals surface area (Å²) in [4.78, 5) is 28.8. The van der Waals surface area contributed by atoms with Gasteiger partial charge in [-0.25, -0.2) is 9.78 Å². The van der Waals surface area contributed by atoms with Gasteiger partial charge in [-0.15, -0.1) is 0 Å². The fourth-order valence-corrected chi connectivity index (χ4v) is 3.66. The van der Waals surface area contributed by atoms with Crippen LogP contribution in [-0.2, 0) is 4.74 Å². The minimum Gasteiger partial charge on any atom is -0.489 e. The molecule has 2 aliphatic rings. The Bertz CT molecular complexity index is 1070. The fourth-order valence-electron chi connectivity index (χ4n) is 3.66. The lowest BCUT2D eigenvalue weighted by molar-refractivity contribution is -0.0515. The van der Waals surface area contributed by atoms with E-state index in [0.29, 0.717) is 36.9 Å². The molecule has 204 valence electrons. The van der Waals surface area contributed by atoms with Gasteiger partial charge in [0.15, 0.2) is 23.0 Å². The SMILES string of the molecule is CC(C)OC(N)=O.C[C@H](N)c1oc(-c2ccc(OC(F)F)c(OCC3CC3)c2)nc1C(=O)N1CCCC1. The number of hydrogen-bond donors (Lipinski definition) is 2. The van der Waals surface area contributed by atoms with Gasteiger partial charge in [-0.3, -0.25) is 4.79 Å². The van der Waals surface area contributed by atoms with Crippen molar-refractivity contribution >= 4 is 12.0 Å². The normalized spacial score (nSPS) is 15.8. The van der Waals surface area contributed by atoms with Crippen LogP contribution < -0.4 is 20.9 Å². The van der Waals surface area contributed by atoms with Crippen LogP contribution in [0.1, 0.15) is 68.7 Å². The summed E-state index contributed by atoms with van der Waals surface area (Å²) < 4.78 is 46.0. The van der Waals surface area contributed by atoms with Crippen LogP contribution in [0.15, 0.2) is 22.6 Å². The first-order chi connectivity index (χ1) is 17.5. The molecule has 1 saturated carbocycles. The number of alkyl halides is 2. The summed E-state index contributed by atoms with van der Waals surface area (Å²) in [7, 11) is 0. The highest BCUT2D eigenvalue weighted by atomic mass is 19.3. The number of carbonyl (C=O) groups is 2. The highest BCUT2D eigenvalue weighted by Gasteiger charge is 2.29. The van der Waals surface area contributed by atoms with Crippen LogP contribution in [0.25, 0.3) is 11.5 Å². The van der Waals surface area contributed by atoms with Crippen molar-refractivity contribution in [1.29, 1.82) is 0 Å². The predicted molar refractivity (Wildman–Crippen MR) is 130 cm³/mol. The van der Waals surface area contributed by atoms with E-state index in [0.717, 1.165) is 25.7 Å². The van der Waals surface area contributed by atoms with Crippen LogP contribution in [0.5, 0.6) is 11.5 Å². The third kappa shape index (κ3) is 8.31. The third-order valence-corrected chi connectivity index (χ3v) is 5.59. The Balaban J connectivity index is 0.000000479. The number of halogens is 2. The van der Waals surface area contributed by atoms with Crippen LogP contribution in [0.3, 0.4) is 0 Å². The topological polar surface area (TPSA) is 143 Å². The smallest absolute Gasteiger partial charge is 0.404 e. The number of benzene rings is 1. The summed E-state index contributed by atoms with van der Waals surface area (Å²) in [5.41, 5.74) is 11.3. The van der Waals surface area contributed by atoms with E-state index >= 15 is 0 Å². The number of amides is 2. The van der Waals surface area contributed by atoms with E-state index in [-0.39, 0.29) is 35.1 Å². The van der Waals surface area contributed by atoms with Gasteiger partial charge in [0.25, 0.3) is 5.91 Å². The van der Waals surface area contributed by atoms with Crippen molar-refractivity contribution in [3.8, 4) is 23.0 Å². The van der Waals surface area contributed by atoms with Crippen molar-refractivity contribution < 1.29 is 37.0 Å². The van der Waals surface area contributed by atoms with E-state index in [2.05, 4.69) is 20.2 Å². The van der Waals surface area contributed by atoms with E-state index in [4.69, 9.17) is 14.9 Å². The lowest BCUT2D eigenvalue weighted by Crippen LogP contribution is -2.29.